The van der Waals surface area contributed by atoms with Crippen LogP contribution in [0.1, 0.15) is 6.92 Å². The zero-order valence-electron chi connectivity index (χ0n) is 9.84. The molecule has 0 radical (unpaired) electrons. The number of nitro groups is 1. The van der Waals surface area contributed by atoms with Gasteiger partial charge in [0.25, 0.3) is 5.88 Å². The zero-order chi connectivity index (χ0) is 12.8. The van der Waals surface area contributed by atoms with E-state index in [1.807, 2.05) is 13.2 Å². The van der Waals surface area contributed by atoms with Crippen LogP contribution in [0, 0.1) is 10.1 Å². The Kier molecular flexibility index (Phi) is 4.95. The lowest BCUT2D eigenvalue weighted by Gasteiger charge is -2.13. The zero-order valence-corrected chi connectivity index (χ0v) is 10.7. The quantitative estimate of drug-likeness (QED) is 0.611. The van der Waals surface area contributed by atoms with Crippen molar-refractivity contribution in [2.75, 3.05) is 24.4 Å². The van der Waals surface area contributed by atoms with Crippen molar-refractivity contribution in [3.05, 3.63) is 16.4 Å². The van der Waals surface area contributed by atoms with E-state index in [4.69, 9.17) is 4.74 Å². The van der Waals surface area contributed by atoms with E-state index in [9.17, 15) is 10.1 Å². The van der Waals surface area contributed by atoms with Crippen molar-refractivity contribution >= 4 is 23.3 Å². The smallest absolute Gasteiger partial charge is 0.372 e. The molecular weight excluding hydrogens is 244 g/mol. The molecule has 0 aromatic carbocycles. The Balaban J connectivity index is 3.02. The average molecular weight is 258 g/mol. The van der Waals surface area contributed by atoms with Gasteiger partial charge in [-0.25, -0.2) is 4.98 Å². The van der Waals surface area contributed by atoms with Gasteiger partial charge in [-0.05, 0) is 13.2 Å². The molecule has 0 bridgehead atoms. The average Bonchev–Trinajstić information content (AvgIpc) is 2.28. The van der Waals surface area contributed by atoms with Gasteiger partial charge in [0.15, 0.2) is 0 Å². The molecule has 0 amide bonds. The highest BCUT2D eigenvalue weighted by atomic mass is 32.2. The number of nitrogens with zero attached hydrogens (tertiary/aromatic N) is 3. The molecule has 94 valence electrons. The summed E-state index contributed by atoms with van der Waals surface area (Å²) in [4.78, 5) is 18.0. The molecule has 1 aromatic heterocycles. The minimum absolute atomic E-state index is 0.0381. The van der Waals surface area contributed by atoms with Gasteiger partial charge in [0, 0.05) is 11.8 Å². The number of nitrogens with one attached hydrogen (secondary N) is 1. The van der Waals surface area contributed by atoms with Crippen molar-refractivity contribution < 1.29 is 9.66 Å². The maximum atomic E-state index is 10.9. The molecule has 1 heterocycles. The first-order chi connectivity index (χ1) is 8.10. The van der Waals surface area contributed by atoms with E-state index < -0.39 is 4.92 Å². The lowest BCUT2D eigenvalue weighted by molar-refractivity contribution is -0.385. The lowest BCUT2D eigenvalue weighted by Crippen LogP contribution is -2.19. The summed E-state index contributed by atoms with van der Waals surface area (Å²) in [6.07, 6.45) is 3.20. The molecule has 0 saturated carbocycles. The molecule has 8 heteroatoms. The van der Waals surface area contributed by atoms with Crippen LogP contribution in [-0.4, -0.2) is 40.1 Å². The van der Waals surface area contributed by atoms with E-state index in [1.165, 1.54) is 13.4 Å². The molecule has 1 atom stereocenters. The standard InChI is InChI=1S/C9H14N4O3S/c1-6(4-17-3)12-8-7(13(14)15)9(16-2)11-5-10-8/h5-6H,4H2,1-3H3,(H,10,11,12). The number of aromatic nitrogens is 2. The lowest BCUT2D eigenvalue weighted by atomic mass is 10.3. The van der Waals surface area contributed by atoms with E-state index in [0.29, 0.717) is 0 Å². The van der Waals surface area contributed by atoms with Gasteiger partial charge in [-0.3, -0.25) is 10.1 Å². The van der Waals surface area contributed by atoms with Gasteiger partial charge >= 0.3 is 5.69 Å². The first-order valence-electron chi connectivity index (χ1n) is 4.89. The van der Waals surface area contributed by atoms with Crippen LogP contribution < -0.4 is 10.1 Å². The van der Waals surface area contributed by atoms with Crippen molar-refractivity contribution in [3.63, 3.8) is 0 Å². The summed E-state index contributed by atoms with van der Waals surface area (Å²) in [5, 5.41) is 13.9. The van der Waals surface area contributed by atoms with Crippen LogP contribution >= 0.6 is 11.8 Å². The van der Waals surface area contributed by atoms with Crippen LogP contribution in [0.25, 0.3) is 0 Å². The van der Waals surface area contributed by atoms with Gasteiger partial charge in [0.1, 0.15) is 6.33 Å². The first kappa shape index (κ1) is 13.5. The minimum atomic E-state index is -0.549. The number of ether oxygens (including phenoxy) is 1. The fourth-order valence-electron chi connectivity index (χ4n) is 1.31. The van der Waals surface area contributed by atoms with Crippen molar-refractivity contribution in [3.8, 4) is 5.88 Å². The molecule has 0 aliphatic heterocycles. The van der Waals surface area contributed by atoms with Crippen molar-refractivity contribution in [2.24, 2.45) is 0 Å². The van der Waals surface area contributed by atoms with Gasteiger partial charge < -0.3 is 10.1 Å². The Bertz CT molecular complexity index is 402. The fourth-order valence-corrected chi connectivity index (χ4v) is 1.89. The van der Waals surface area contributed by atoms with E-state index in [1.54, 1.807) is 11.8 Å². The number of anilines is 1. The molecule has 17 heavy (non-hydrogen) atoms. The van der Waals surface area contributed by atoms with Crippen LogP contribution in [0.2, 0.25) is 0 Å². The molecule has 7 nitrogen and oxygen atoms in total. The molecule has 0 spiro atoms. The second-order valence-corrected chi connectivity index (χ2v) is 4.25. The van der Waals surface area contributed by atoms with E-state index in [-0.39, 0.29) is 23.4 Å². The molecule has 0 aliphatic carbocycles. The number of methoxy groups -OCH3 is 1. The largest absolute Gasteiger partial charge is 0.476 e. The Morgan fingerprint density at radius 3 is 2.88 bits per heavy atom. The summed E-state index contributed by atoms with van der Waals surface area (Å²) < 4.78 is 4.85. The molecule has 0 fully saturated rings. The predicted molar refractivity (Wildman–Crippen MR) is 66.7 cm³/mol. The van der Waals surface area contributed by atoms with Gasteiger partial charge in [0.2, 0.25) is 5.82 Å². The van der Waals surface area contributed by atoms with Gasteiger partial charge in [-0.2, -0.15) is 16.7 Å². The van der Waals surface area contributed by atoms with Crippen LogP contribution in [0.15, 0.2) is 6.33 Å². The first-order valence-corrected chi connectivity index (χ1v) is 6.28. The fraction of sp³-hybridized carbons (Fsp3) is 0.556. The van der Waals surface area contributed by atoms with Crippen LogP contribution in [0.5, 0.6) is 5.88 Å². The van der Waals surface area contributed by atoms with Crippen molar-refractivity contribution in [2.45, 2.75) is 13.0 Å². The molecule has 1 rings (SSSR count). The third kappa shape index (κ3) is 3.45. The predicted octanol–water partition coefficient (Wildman–Crippen LogP) is 1.56. The maximum absolute atomic E-state index is 10.9. The molecule has 1 aromatic rings. The highest BCUT2D eigenvalue weighted by Crippen LogP contribution is 2.30. The third-order valence-electron chi connectivity index (χ3n) is 1.96. The normalized spacial score (nSPS) is 11.9. The minimum Gasteiger partial charge on any atom is -0.476 e. The van der Waals surface area contributed by atoms with E-state index >= 15 is 0 Å². The van der Waals surface area contributed by atoms with Gasteiger partial charge in [-0.1, -0.05) is 0 Å². The summed E-state index contributed by atoms with van der Waals surface area (Å²) in [6.45, 7) is 1.93. The van der Waals surface area contributed by atoms with Crippen LogP contribution in [0.4, 0.5) is 11.5 Å². The second kappa shape index (κ2) is 6.24. The Morgan fingerprint density at radius 2 is 2.35 bits per heavy atom. The summed E-state index contributed by atoms with van der Waals surface area (Å²) in [7, 11) is 1.34. The number of hydrogen-bond donors (Lipinski definition) is 1. The highest BCUT2D eigenvalue weighted by molar-refractivity contribution is 7.98. The maximum Gasteiger partial charge on any atom is 0.372 e. The summed E-state index contributed by atoms with van der Waals surface area (Å²) in [5.41, 5.74) is -0.233. The van der Waals surface area contributed by atoms with Crippen molar-refractivity contribution in [1.82, 2.24) is 9.97 Å². The second-order valence-electron chi connectivity index (χ2n) is 3.34. The van der Waals surface area contributed by atoms with E-state index in [2.05, 4.69) is 15.3 Å². The Hall–Kier alpha value is -1.57. The third-order valence-corrected chi connectivity index (χ3v) is 2.80. The Labute approximate surface area is 103 Å². The summed E-state index contributed by atoms with van der Waals surface area (Å²) >= 11 is 1.65. The van der Waals surface area contributed by atoms with Crippen LogP contribution in [0.3, 0.4) is 0 Å². The summed E-state index contributed by atoms with van der Waals surface area (Å²) in [5.74, 6) is 0.968. The molecule has 1 unspecified atom stereocenters. The van der Waals surface area contributed by atoms with Gasteiger partial charge in [0.05, 0.1) is 12.0 Å². The topological polar surface area (TPSA) is 90.2 Å². The molecule has 1 N–H and O–H groups in total. The monoisotopic (exact) mass is 258 g/mol. The van der Waals surface area contributed by atoms with Gasteiger partial charge in [-0.15, -0.1) is 0 Å². The van der Waals surface area contributed by atoms with Crippen LogP contribution in [-0.2, 0) is 0 Å². The van der Waals surface area contributed by atoms with E-state index in [0.717, 1.165) is 5.75 Å². The van der Waals surface area contributed by atoms with Crippen molar-refractivity contribution in [1.29, 1.82) is 0 Å². The number of hydrogen-bond acceptors (Lipinski definition) is 7. The molecule has 0 aliphatic rings. The SMILES string of the molecule is COc1ncnc(NC(C)CSC)c1[N+](=O)[O-]. The Morgan fingerprint density at radius 1 is 1.65 bits per heavy atom. The molecule has 0 saturated heterocycles. The summed E-state index contributed by atoms with van der Waals surface area (Å²) in [6, 6.07) is 0.0725. The number of thioether (sulfide) groups is 1. The highest BCUT2D eigenvalue weighted by Gasteiger charge is 2.24. The molecular formula is C9H14N4O3S. The number of rotatable bonds is 6.